The van der Waals surface area contributed by atoms with E-state index in [1.165, 1.54) is 32.1 Å². The Morgan fingerprint density at radius 1 is 1.00 bits per heavy atom. The maximum Gasteiger partial charge on any atom is -0.0340 e. The molecule has 0 saturated carbocycles. The van der Waals surface area contributed by atoms with Crippen LogP contribution in [0.5, 0.6) is 0 Å². The van der Waals surface area contributed by atoms with E-state index in [1.807, 2.05) is 0 Å². The van der Waals surface area contributed by atoms with Crippen LogP contribution in [0.15, 0.2) is 0 Å². The van der Waals surface area contributed by atoms with Gasteiger partial charge in [-0.25, -0.2) is 0 Å². The number of rotatable bonds is 7. The van der Waals surface area contributed by atoms with Crippen molar-refractivity contribution >= 4 is 0 Å². The predicted octanol–water partition coefficient (Wildman–Crippen LogP) is 5.91. The molecule has 2 unspecified atom stereocenters. The Labute approximate surface area is 104 Å². The summed E-state index contributed by atoms with van der Waals surface area (Å²) in [6.07, 6.45) is 6.98. The van der Waals surface area contributed by atoms with Gasteiger partial charge in [-0.1, -0.05) is 74.1 Å². The van der Waals surface area contributed by atoms with Gasteiger partial charge in [0.15, 0.2) is 0 Å². The molecule has 0 aromatic carbocycles. The lowest BCUT2D eigenvalue weighted by Gasteiger charge is -2.36. The van der Waals surface area contributed by atoms with Crippen LogP contribution in [0.4, 0.5) is 0 Å². The molecule has 0 heterocycles. The smallest absolute Gasteiger partial charge is 0.0340 e. The second-order valence-corrected chi connectivity index (χ2v) is 6.87. The Kier molecular flexibility index (Phi) is 7.35. The van der Waals surface area contributed by atoms with E-state index >= 15 is 0 Å². The molecule has 0 aromatic rings. The molecule has 0 saturated heterocycles. The molecule has 0 aliphatic carbocycles. The van der Waals surface area contributed by atoms with Gasteiger partial charge in [0, 0.05) is 0 Å². The van der Waals surface area contributed by atoms with Crippen LogP contribution in [0.1, 0.15) is 80.6 Å². The van der Waals surface area contributed by atoms with E-state index in [0.29, 0.717) is 5.41 Å². The Balaban J connectivity index is 4.36. The van der Waals surface area contributed by atoms with E-state index in [4.69, 9.17) is 0 Å². The Morgan fingerprint density at radius 3 is 1.88 bits per heavy atom. The van der Waals surface area contributed by atoms with Gasteiger partial charge in [-0.3, -0.25) is 0 Å². The van der Waals surface area contributed by atoms with Crippen LogP contribution in [0, 0.1) is 23.2 Å². The zero-order valence-corrected chi connectivity index (χ0v) is 12.8. The second kappa shape index (κ2) is 7.35. The van der Waals surface area contributed by atoms with Crippen molar-refractivity contribution in [1.29, 1.82) is 0 Å². The number of hydrogen-bond donors (Lipinski definition) is 0. The highest BCUT2D eigenvalue weighted by molar-refractivity contribution is 4.79. The fraction of sp³-hybridized carbons (Fsp3) is 1.00. The first-order valence-electron chi connectivity index (χ1n) is 7.32. The molecule has 0 bridgehead atoms. The summed E-state index contributed by atoms with van der Waals surface area (Å²) < 4.78 is 0. The minimum Gasteiger partial charge on any atom is -0.0654 e. The summed E-state index contributed by atoms with van der Waals surface area (Å²) in [4.78, 5) is 0. The van der Waals surface area contributed by atoms with Gasteiger partial charge in [0.25, 0.3) is 0 Å². The molecule has 0 fully saturated rings. The third-order valence-corrected chi connectivity index (χ3v) is 4.05. The van der Waals surface area contributed by atoms with E-state index in [9.17, 15) is 0 Å². The third-order valence-electron chi connectivity index (χ3n) is 4.05. The van der Waals surface area contributed by atoms with Gasteiger partial charge < -0.3 is 0 Å². The lowest BCUT2D eigenvalue weighted by molar-refractivity contribution is 0.136. The van der Waals surface area contributed by atoms with Crippen LogP contribution in [-0.2, 0) is 0 Å². The largest absolute Gasteiger partial charge is 0.0654 e. The fourth-order valence-electron chi connectivity index (χ4n) is 2.97. The molecule has 16 heavy (non-hydrogen) atoms. The molecule has 0 aliphatic rings. The Bertz CT molecular complexity index is 161. The normalized spacial score (nSPS) is 16.5. The summed E-state index contributed by atoms with van der Waals surface area (Å²) in [6, 6.07) is 0. The predicted molar refractivity (Wildman–Crippen MR) is 75.7 cm³/mol. The van der Waals surface area contributed by atoms with Gasteiger partial charge >= 0.3 is 0 Å². The van der Waals surface area contributed by atoms with Crippen molar-refractivity contribution in [2.75, 3.05) is 0 Å². The van der Waals surface area contributed by atoms with Crippen LogP contribution in [-0.4, -0.2) is 0 Å². The van der Waals surface area contributed by atoms with E-state index < -0.39 is 0 Å². The molecule has 0 N–H and O–H groups in total. The first kappa shape index (κ1) is 16.0. The third kappa shape index (κ3) is 5.92. The van der Waals surface area contributed by atoms with Gasteiger partial charge in [-0.15, -0.1) is 0 Å². The topological polar surface area (TPSA) is 0 Å². The molecule has 0 aliphatic heterocycles. The molecular formula is C16H34. The zero-order chi connectivity index (χ0) is 12.8. The van der Waals surface area contributed by atoms with E-state index in [2.05, 4.69) is 48.5 Å². The quantitative estimate of drug-likeness (QED) is 0.506. The molecular weight excluding hydrogens is 192 g/mol. The minimum atomic E-state index is 0.466. The zero-order valence-electron chi connectivity index (χ0n) is 12.8. The van der Waals surface area contributed by atoms with Crippen molar-refractivity contribution in [3.05, 3.63) is 0 Å². The molecule has 0 heteroatoms. The van der Waals surface area contributed by atoms with Crippen LogP contribution in [0.2, 0.25) is 0 Å². The summed E-state index contributed by atoms with van der Waals surface area (Å²) in [5.41, 5.74) is 0.466. The van der Waals surface area contributed by atoms with Crippen molar-refractivity contribution in [3.8, 4) is 0 Å². The molecule has 0 spiro atoms. The Morgan fingerprint density at radius 2 is 1.56 bits per heavy atom. The average Bonchev–Trinajstić information content (AvgIpc) is 2.15. The molecule has 2 atom stereocenters. The first-order chi connectivity index (χ1) is 7.32. The van der Waals surface area contributed by atoms with Gasteiger partial charge in [-0.05, 0) is 29.6 Å². The lowest BCUT2D eigenvalue weighted by Crippen LogP contribution is -2.27. The van der Waals surface area contributed by atoms with Crippen LogP contribution in [0.3, 0.4) is 0 Å². The Hall–Kier alpha value is 0. The van der Waals surface area contributed by atoms with Crippen molar-refractivity contribution in [2.45, 2.75) is 80.6 Å². The average molecular weight is 226 g/mol. The monoisotopic (exact) mass is 226 g/mol. The number of hydrogen-bond acceptors (Lipinski definition) is 0. The highest BCUT2D eigenvalue weighted by Crippen LogP contribution is 2.38. The molecule has 0 aromatic heterocycles. The van der Waals surface area contributed by atoms with E-state index in [1.54, 1.807) is 0 Å². The van der Waals surface area contributed by atoms with Crippen LogP contribution >= 0.6 is 0 Å². The van der Waals surface area contributed by atoms with Gasteiger partial charge in [0.1, 0.15) is 0 Å². The van der Waals surface area contributed by atoms with E-state index in [-0.39, 0.29) is 0 Å². The maximum absolute atomic E-state index is 2.41. The van der Waals surface area contributed by atoms with Crippen LogP contribution < -0.4 is 0 Å². The molecule has 0 radical (unpaired) electrons. The summed E-state index contributed by atoms with van der Waals surface area (Å²) in [7, 11) is 0. The summed E-state index contributed by atoms with van der Waals surface area (Å²) >= 11 is 0. The van der Waals surface area contributed by atoms with Gasteiger partial charge in [-0.2, -0.15) is 0 Å². The standard InChI is InChI=1S/C16H34/c1-8-10-11-14(9-2)12-15(13(3)4)16(5,6)7/h13-15H,8-12H2,1-7H3. The fourth-order valence-corrected chi connectivity index (χ4v) is 2.97. The molecule has 0 rings (SSSR count). The van der Waals surface area contributed by atoms with E-state index in [0.717, 1.165) is 17.8 Å². The molecule has 98 valence electrons. The summed E-state index contributed by atoms with van der Waals surface area (Å²) in [5.74, 6) is 2.64. The highest BCUT2D eigenvalue weighted by Gasteiger charge is 2.29. The second-order valence-electron chi connectivity index (χ2n) is 6.87. The summed E-state index contributed by atoms with van der Waals surface area (Å²) in [5, 5.41) is 0. The molecule has 0 nitrogen and oxygen atoms in total. The summed E-state index contributed by atoms with van der Waals surface area (Å²) in [6.45, 7) is 16.7. The van der Waals surface area contributed by atoms with Crippen molar-refractivity contribution in [3.63, 3.8) is 0 Å². The van der Waals surface area contributed by atoms with Crippen LogP contribution in [0.25, 0.3) is 0 Å². The van der Waals surface area contributed by atoms with Gasteiger partial charge in [0.2, 0.25) is 0 Å². The lowest BCUT2D eigenvalue weighted by atomic mass is 9.69. The first-order valence-corrected chi connectivity index (χ1v) is 7.32. The van der Waals surface area contributed by atoms with Gasteiger partial charge in [0.05, 0.1) is 0 Å². The minimum absolute atomic E-state index is 0.466. The highest BCUT2D eigenvalue weighted by atomic mass is 14.3. The van der Waals surface area contributed by atoms with Crippen molar-refractivity contribution in [2.24, 2.45) is 23.2 Å². The van der Waals surface area contributed by atoms with Crippen molar-refractivity contribution < 1.29 is 0 Å². The molecule has 0 amide bonds. The number of unbranched alkanes of at least 4 members (excludes halogenated alkanes) is 1. The maximum atomic E-state index is 2.41. The van der Waals surface area contributed by atoms with Crippen molar-refractivity contribution in [1.82, 2.24) is 0 Å². The SMILES string of the molecule is CCCCC(CC)CC(C(C)C)C(C)(C)C.